The molecule has 1 heterocycles. The number of likely N-dealkylation sites (tertiary alicyclic amines) is 1. The van der Waals surface area contributed by atoms with E-state index in [1.54, 1.807) is 18.7 Å². The first-order valence-electron chi connectivity index (χ1n) is 8.87. The minimum atomic E-state index is -1.03. The van der Waals surface area contributed by atoms with Gasteiger partial charge in [-0.05, 0) is 24.3 Å². The zero-order valence-corrected chi connectivity index (χ0v) is 15.2. The van der Waals surface area contributed by atoms with E-state index < -0.39 is 18.1 Å². The second-order valence-electron chi connectivity index (χ2n) is 6.87. The van der Waals surface area contributed by atoms with E-state index in [2.05, 4.69) is 5.32 Å². The summed E-state index contributed by atoms with van der Waals surface area (Å²) in [4.78, 5) is 37.2. The molecule has 26 heavy (non-hydrogen) atoms. The molecule has 142 valence electrons. The first-order valence-corrected chi connectivity index (χ1v) is 8.87. The van der Waals surface area contributed by atoms with E-state index in [1.807, 2.05) is 30.3 Å². The van der Waals surface area contributed by atoms with Crippen molar-refractivity contribution < 1.29 is 24.2 Å². The molecular formula is C19H26N2O5. The first kappa shape index (κ1) is 19.8. The van der Waals surface area contributed by atoms with Crippen molar-refractivity contribution in [1.82, 2.24) is 10.2 Å². The fourth-order valence-electron chi connectivity index (χ4n) is 2.92. The smallest absolute Gasteiger partial charge is 0.410 e. The van der Waals surface area contributed by atoms with Gasteiger partial charge >= 0.3 is 12.1 Å². The van der Waals surface area contributed by atoms with Gasteiger partial charge < -0.3 is 20.1 Å². The van der Waals surface area contributed by atoms with Gasteiger partial charge in [0.25, 0.3) is 0 Å². The highest BCUT2D eigenvalue weighted by Gasteiger charge is 2.31. The third-order valence-electron chi connectivity index (χ3n) is 4.56. The van der Waals surface area contributed by atoms with Gasteiger partial charge in [-0.1, -0.05) is 44.2 Å². The molecule has 2 amide bonds. The fourth-order valence-corrected chi connectivity index (χ4v) is 2.92. The van der Waals surface area contributed by atoms with Gasteiger partial charge in [-0.3, -0.25) is 4.79 Å². The van der Waals surface area contributed by atoms with Crippen molar-refractivity contribution in [2.75, 3.05) is 13.1 Å². The van der Waals surface area contributed by atoms with E-state index >= 15 is 0 Å². The van der Waals surface area contributed by atoms with Gasteiger partial charge in [0.05, 0.1) is 0 Å². The molecule has 7 heteroatoms. The highest BCUT2D eigenvalue weighted by Crippen LogP contribution is 2.19. The summed E-state index contributed by atoms with van der Waals surface area (Å²) >= 11 is 0. The van der Waals surface area contributed by atoms with Gasteiger partial charge in [0.1, 0.15) is 12.6 Å². The third kappa shape index (κ3) is 5.47. The van der Waals surface area contributed by atoms with Gasteiger partial charge in [-0.15, -0.1) is 0 Å². The van der Waals surface area contributed by atoms with E-state index in [4.69, 9.17) is 4.74 Å². The molecule has 0 unspecified atom stereocenters. The molecule has 0 aliphatic carbocycles. The Morgan fingerprint density at radius 3 is 2.35 bits per heavy atom. The predicted octanol–water partition coefficient (Wildman–Crippen LogP) is 2.26. The Morgan fingerprint density at radius 2 is 1.81 bits per heavy atom. The lowest BCUT2D eigenvalue weighted by molar-refractivity contribution is -0.144. The van der Waals surface area contributed by atoms with Crippen molar-refractivity contribution in [3.05, 3.63) is 35.9 Å². The Morgan fingerprint density at radius 1 is 1.19 bits per heavy atom. The summed E-state index contributed by atoms with van der Waals surface area (Å²) in [5.74, 6) is -1.77. The largest absolute Gasteiger partial charge is 0.480 e. The molecule has 1 aliphatic heterocycles. The molecule has 0 saturated carbocycles. The highest BCUT2D eigenvalue weighted by atomic mass is 16.6. The molecule has 1 fully saturated rings. The molecule has 1 atom stereocenters. The van der Waals surface area contributed by atoms with Gasteiger partial charge in [-0.25, -0.2) is 9.59 Å². The lowest BCUT2D eigenvalue weighted by Crippen LogP contribution is -2.49. The first-order chi connectivity index (χ1) is 12.4. The summed E-state index contributed by atoms with van der Waals surface area (Å²) in [5.41, 5.74) is 0.920. The number of carboxylic acid groups (broad SMARTS) is 1. The maximum atomic E-state index is 12.3. The van der Waals surface area contributed by atoms with Crippen LogP contribution in [0.3, 0.4) is 0 Å². The number of carbonyl (C=O) groups excluding carboxylic acids is 2. The van der Waals surface area contributed by atoms with Gasteiger partial charge in [0, 0.05) is 19.0 Å². The summed E-state index contributed by atoms with van der Waals surface area (Å²) in [5, 5.41) is 11.8. The lowest BCUT2D eigenvalue weighted by Gasteiger charge is -2.31. The SMILES string of the molecule is CC(C)[C@H](NC(=O)C1CCN(C(=O)OCc2ccccc2)CC1)C(=O)O. The van der Waals surface area contributed by atoms with Crippen LogP contribution in [0, 0.1) is 11.8 Å². The van der Waals surface area contributed by atoms with Crippen LogP contribution in [-0.2, 0) is 20.9 Å². The lowest BCUT2D eigenvalue weighted by atomic mass is 9.95. The van der Waals surface area contributed by atoms with E-state index in [9.17, 15) is 19.5 Å². The Hall–Kier alpha value is -2.57. The number of amides is 2. The maximum absolute atomic E-state index is 12.3. The van der Waals surface area contributed by atoms with Crippen molar-refractivity contribution in [3.8, 4) is 0 Å². The summed E-state index contributed by atoms with van der Waals surface area (Å²) < 4.78 is 5.30. The van der Waals surface area contributed by atoms with Crippen molar-refractivity contribution >= 4 is 18.0 Å². The number of carboxylic acids is 1. The monoisotopic (exact) mass is 362 g/mol. The Labute approximate surface area is 153 Å². The van der Waals surface area contributed by atoms with Crippen LogP contribution in [0.1, 0.15) is 32.3 Å². The van der Waals surface area contributed by atoms with Crippen molar-refractivity contribution in [3.63, 3.8) is 0 Å². The van der Waals surface area contributed by atoms with Gasteiger partial charge in [-0.2, -0.15) is 0 Å². The number of ether oxygens (including phenoxy) is 1. The van der Waals surface area contributed by atoms with Crippen LogP contribution in [0.2, 0.25) is 0 Å². The average molecular weight is 362 g/mol. The zero-order valence-electron chi connectivity index (χ0n) is 15.2. The van der Waals surface area contributed by atoms with Crippen LogP contribution in [-0.4, -0.2) is 47.1 Å². The molecular weight excluding hydrogens is 336 g/mol. The Bertz CT molecular complexity index is 624. The number of nitrogens with one attached hydrogen (secondary N) is 1. The summed E-state index contributed by atoms with van der Waals surface area (Å²) in [6.07, 6.45) is 0.603. The van der Waals surface area contributed by atoms with Crippen LogP contribution >= 0.6 is 0 Å². The van der Waals surface area contributed by atoms with Crippen molar-refractivity contribution in [1.29, 1.82) is 0 Å². The van der Waals surface area contributed by atoms with Crippen LogP contribution in [0.4, 0.5) is 4.79 Å². The second-order valence-corrected chi connectivity index (χ2v) is 6.87. The summed E-state index contributed by atoms with van der Waals surface area (Å²) in [7, 11) is 0. The fraction of sp³-hybridized carbons (Fsp3) is 0.526. The molecule has 1 aromatic rings. The number of hydrogen-bond donors (Lipinski definition) is 2. The van der Waals surface area contributed by atoms with Crippen LogP contribution in [0.15, 0.2) is 30.3 Å². The molecule has 1 aliphatic rings. The zero-order chi connectivity index (χ0) is 19.1. The van der Waals surface area contributed by atoms with E-state index in [-0.39, 0.29) is 24.3 Å². The molecule has 0 radical (unpaired) electrons. The molecule has 2 rings (SSSR count). The number of nitrogens with zero attached hydrogens (tertiary/aromatic N) is 1. The summed E-state index contributed by atoms with van der Waals surface area (Å²) in [6.45, 7) is 4.57. The second kappa shape index (κ2) is 9.22. The van der Waals surface area contributed by atoms with Crippen molar-refractivity contribution in [2.45, 2.75) is 39.3 Å². The van der Waals surface area contributed by atoms with E-state index in [0.29, 0.717) is 25.9 Å². The number of piperidine rings is 1. The molecule has 0 spiro atoms. The number of benzene rings is 1. The molecule has 0 bridgehead atoms. The van der Waals surface area contributed by atoms with Crippen molar-refractivity contribution in [2.24, 2.45) is 11.8 Å². The molecule has 0 aromatic heterocycles. The normalized spacial score (nSPS) is 16.2. The molecule has 7 nitrogen and oxygen atoms in total. The van der Waals surface area contributed by atoms with E-state index in [0.717, 1.165) is 5.56 Å². The highest BCUT2D eigenvalue weighted by molar-refractivity contribution is 5.85. The standard InChI is InChI=1S/C19H26N2O5/c1-13(2)16(18(23)24)20-17(22)15-8-10-21(11-9-15)19(25)26-12-14-6-4-3-5-7-14/h3-7,13,15-16H,8-12H2,1-2H3,(H,20,22)(H,23,24)/t16-/m0/s1. The van der Waals surface area contributed by atoms with Crippen LogP contribution in [0.5, 0.6) is 0 Å². The molecule has 1 saturated heterocycles. The van der Waals surface area contributed by atoms with Gasteiger partial charge in [0.2, 0.25) is 5.91 Å². The molecule has 1 aromatic carbocycles. The van der Waals surface area contributed by atoms with Crippen LogP contribution < -0.4 is 5.32 Å². The number of hydrogen-bond acceptors (Lipinski definition) is 4. The summed E-state index contributed by atoms with van der Waals surface area (Å²) in [6, 6.07) is 8.55. The Kier molecular flexibility index (Phi) is 7.00. The topological polar surface area (TPSA) is 95.9 Å². The van der Waals surface area contributed by atoms with Gasteiger partial charge in [0.15, 0.2) is 0 Å². The number of rotatable bonds is 6. The maximum Gasteiger partial charge on any atom is 0.410 e. The predicted molar refractivity (Wildman–Crippen MR) is 95.3 cm³/mol. The third-order valence-corrected chi connectivity index (χ3v) is 4.56. The number of aliphatic carboxylic acids is 1. The number of carbonyl (C=O) groups is 3. The molecule has 2 N–H and O–H groups in total. The van der Waals surface area contributed by atoms with E-state index in [1.165, 1.54) is 0 Å². The Balaban J connectivity index is 1.78. The average Bonchev–Trinajstić information content (AvgIpc) is 2.64. The minimum Gasteiger partial charge on any atom is -0.480 e. The minimum absolute atomic E-state index is 0.190. The quantitative estimate of drug-likeness (QED) is 0.809. The van der Waals surface area contributed by atoms with Crippen LogP contribution in [0.25, 0.3) is 0 Å².